The molecule has 5 nitrogen and oxygen atoms in total. The number of nitrogens with zero attached hydrogens (tertiary/aromatic N) is 1. The Balaban J connectivity index is 1.96. The number of carbonyl (C=O) groups excluding carboxylic acids is 3. The molecule has 1 fully saturated rings. The van der Waals surface area contributed by atoms with E-state index in [0.717, 1.165) is 4.88 Å². The van der Waals surface area contributed by atoms with Gasteiger partial charge in [0.25, 0.3) is 0 Å². The molecule has 1 aliphatic rings. The van der Waals surface area contributed by atoms with Crippen LogP contribution >= 0.6 is 11.3 Å². The zero-order chi connectivity index (χ0) is 14.5. The molecule has 1 atom stereocenters. The molecule has 108 valence electrons. The zero-order valence-corrected chi connectivity index (χ0v) is 12.1. The van der Waals surface area contributed by atoms with Crippen LogP contribution in [-0.4, -0.2) is 42.8 Å². The van der Waals surface area contributed by atoms with E-state index < -0.39 is 11.9 Å². The molecule has 2 heterocycles. The Kier molecular flexibility index (Phi) is 4.89. The van der Waals surface area contributed by atoms with Crippen molar-refractivity contribution in [2.75, 3.05) is 20.2 Å². The first-order valence-corrected chi connectivity index (χ1v) is 7.40. The lowest BCUT2D eigenvalue weighted by molar-refractivity contribution is -0.149. The second kappa shape index (κ2) is 6.65. The van der Waals surface area contributed by atoms with Gasteiger partial charge in [0, 0.05) is 24.4 Å². The molecule has 6 heteroatoms. The summed E-state index contributed by atoms with van der Waals surface area (Å²) >= 11 is 1.54. The van der Waals surface area contributed by atoms with E-state index >= 15 is 0 Å². The third kappa shape index (κ3) is 3.45. The van der Waals surface area contributed by atoms with Crippen LogP contribution in [-0.2, 0) is 25.5 Å². The van der Waals surface area contributed by atoms with Gasteiger partial charge in [-0.2, -0.15) is 0 Å². The van der Waals surface area contributed by atoms with Gasteiger partial charge in [-0.1, -0.05) is 6.07 Å². The molecule has 0 saturated carbocycles. The third-order valence-corrected chi connectivity index (χ3v) is 4.32. The van der Waals surface area contributed by atoms with E-state index in [4.69, 9.17) is 0 Å². The number of hydrogen-bond donors (Lipinski definition) is 0. The minimum Gasteiger partial charge on any atom is -0.468 e. The maximum absolute atomic E-state index is 12.2. The number of ketones is 1. The van der Waals surface area contributed by atoms with Gasteiger partial charge in [0.2, 0.25) is 5.91 Å². The Morgan fingerprint density at radius 1 is 1.45 bits per heavy atom. The van der Waals surface area contributed by atoms with E-state index in [9.17, 15) is 14.4 Å². The SMILES string of the molecule is COC(=O)C1CCN(C(=O)Cc2cccs2)CCC1=O. The number of likely N-dealkylation sites (tertiary alicyclic amines) is 1. The molecule has 1 aromatic rings. The van der Waals surface area contributed by atoms with Crippen LogP contribution in [0.3, 0.4) is 0 Å². The molecule has 0 spiro atoms. The van der Waals surface area contributed by atoms with Crippen molar-refractivity contribution in [3.63, 3.8) is 0 Å². The van der Waals surface area contributed by atoms with E-state index in [1.54, 1.807) is 16.2 Å². The molecule has 1 unspecified atom stereocenters. The van der Waals surface area contributed by atoms with Crippen LogP contribution in [0.15, 0.2) is 17.5 Å². The molecular weight excluding hydrogens is 278 g/mol. The maximum Gasteiger partial charge on any atom is 0.316 e. The summed E-state index contributed by atoms with van der Waals surface area (Å²) in [6.07, 6.45) is 0.923. The van der Waals surface area contributed by atoms with Crippen molar-refractivity contribution in [1.82, 2.24) is 4.90 Å². The van der Waals surface area contributed by atoms with Crippen LogP contribution in [0.2, 0.25) is 0 Å². The molecule has 0 N–H and O–H groups in total. The number of Topliss-reactive ketones (excluding diaryl/α,β-unsaturated/α-hetero) is 1. The number of methoxy groups -OCH3 is 1. The van der Waals surface area contributed by atoms with E-state index in [2.05, 4.69) is 4.74 Å². The van der Waals surface area contributed by atoms with Gasteiger partial charge in [-0.05, 0) is 17.9 Å². The summed E-state index contributed by atoms with van der Waals surface area (Å²) in [6.45, 7) is 0.812. The Morgan fingerprint density at radius 3 is 2.90 bits per heavy atom. The Hall–Kier alpha value is -1.69. The highest BCUT2D eigenvalue weighted by Crippen LogP contribution is 2.17. The van der Waals surface area contributed by atoms with Gasteiger partial charge >= 0.3 is 5.97 Å². The van der Waals surface area contributed by atoms with Crippen molar-refractivity contribution in [3.05, 3.63) is 22.4 Å². The minimum atomic E-state index is -0.723. The first-order chi connectivity index (χ1) is 9.61. The summed E-state index contributed by atoms with van der Waals surface area (Å²) in [7, 11) is 1.28. The average molecular weight is 295 g/mol. The minimum absolute atomic E-state index is 0.00534. The van der Waals surface area contributed by atoms with Crippen molar-refractivity contribution in [1.29, 1.82) is 0 Å². The maximum atomic E-state index is 12.2. The van der Waals surface area contributed by atoms with Gasteiger partial charge in [-0.3, -0.25) is 14.4 Å². The van der Waals surface area contributed by atoms with Gasteiger partial charge in [0.15, 0.2) is 0 Å². The van der Waals surface area contributed by atoms with Crippen molar-refractivity contribution in [3.8, 4) is 0 Å². The average Bonchev–Trinajstić information content (AvgIpc) is 2.86. The predicted octanol–water partition coefficient (Wildman–Crippen LogP) is 1.27. The van der Waals surface area contributed by atoms with Crippen LogP contribution in [0.5, 0.6) is 0 Å². The van der Waals surface area contributed by atoms with Gasteiger partial charge in [0.1, 0.15) is 11.7 Å². The molecule has 20 heavy (non-hydrogen) atoms. The first kappa shape index (κ1) is 14.7. The molecule has 0 bridgehead atoms. The van der Waals surface area contributed by atoms with Gasteiger partial charge in [-0.25, -0.2) is 0 Å². The first-order valence-electron chi connectivity index (χ1n) is 6.52. The third-order valence-electron chi connectivity index (χ3n) is 3.45. The molecule has 1 saturated heterocycles. The topological polar surface area (TPSA) is 63.7 Å². The molecule has 1 amide bonds. The predicted molar refractivity (Wildman–Crippen MR) is 74.4 cm³/mol. The van der Waals surface area contributed by atoms with Crippen molar-refractivity contribution < 1.29 is 19.1 Å². The molecule has 1 aromatic heterocycles. The summed E-state index contributed by atoms with van der Waals surface area (Å²) in [5.74, 6) is -1.35. The Labute approximate surface area is 121 Å². The van der Waals surface area contributed by atoms with Crippen LogP contribution in [0.1, 0.15) is 17.7 Å². The molecule has 1 aliphatic heterocycles. The van der Waals surface area contributed by atoms with Crippen LogP contribution in [0.25, 0.3) is 0 Å². The number of hydrogen-bond acceptors (Lipinski definition) is 5. The molecule has 2 rings (SSSR count). The Bertz CT molecular complexity index is 497. The number of carbonyl (C=O) groups is 3. The van der Waals surface area contributed by atoms with Crippen molar-refractivity contribution >= 4 is 29.0 Å². The highest BCUT2D eigenvalue weighted by Gasteiger charge is 2.31. The molecule has 0 radical (unpaired) electrons. The quantitative estimate of drug-likeness (QED) is 0.622. The van der Waals surface area contributed by atoms with Gasteiger partial charge in [-0.15, -0.1) is 11.3 Å². The van der Waals surface area contributed by atoms with E-state index in [1.165, 1.54) is 7.11 Å². The summed E-state index contributed by atoms with van der Waals surface area (Å²) in [5.41, 5.74) is 0. The highest BCUT2D eigenvalue weighted by molar-refractivity contribution is 7.10. The normalized spacial score (nSPS) is 19.6. The monoisotopic (exact) mass is 295 g/mol. The zero-order valence-electron chi connectivity index (χ0n) is 11.3. The molecule has 0 aliphatic carbocycles. The lowest BCUT2D eigenvalue weighted by Crippen LogP contribution is -2.33. The van der Waals surface area contributed by atoms with Crippen molar-refractivity contribution in [2.24, 2.45) is 5.92 Å². The van der Waals surface area contributed by atoms with E-state index in [0.29, 0.717) is 25.9 Å². The van der Waals surface area contributed by atoms with Crippen LogP contribution < -0.4 is 0 Å². The summed E-state index contributed by atoms with van der Waals surface area (Å²) in [4.78, 5) is 38.2. The number of esters is 1. The standard InChI is InChI=1S/C14H17NO4S/c1-19-14(18)11-4-6-15(7-5-12(11)16)13(17)9-10-3-2-8-20-10/h2-3,8,11H,4-7,9H2,1H3. The van der Waals surface area contributed by atoms with E-state index in [-0.39, 0.29) is 18.1 Å². The Morgan fingerprint density at radius 2 is 2.25 bits per heavy atom. The van der Waals surface area contributed by atoms with E-state index in [1.807, 2.05) is 17.5 Å². The van der Waals surface area contributed by atoms with Gasteiger partial charge in [0.05, 0.1) is 13.5 Å². The fourth-order valence-electron chi connectivity index (χ4n) is 2.29. The molecule has 0 aromatic carbocycles. The van der Waals surface area contributed by atoms with Crippen LogP contribution in [0, 0.1) is 5.92 Å². The fourth-order valence-corrected chi connectivity index (χ4v) is 2.99. The largest absolute Gasteiger partial charge is 0.468 e. The van der Waals surface area contributed by atoms with Crippen molar-refractivity contribution in [2.45, 2.75) is 19.3 Å². The van der Waals surface area contributed by atoms with Crippen LogP contribution in [0.4, 0.5) is 0 Å². The number of rotatable bonds is 3. The molecular formula is C14H17NO4S. The highest BCUT2D eigenvalue weighted by atomic mass is 32.1. The lowest BCUT2D eigenvalue weighted by atomic mass is 10.00. The second-order valence-electron chi connectivity index (χ2n) is 4.72. The second-order valence-corrected chi connectivity index (χ2v) is 5.75. The number of thiophene rings is 1. The summed E-state index contributed by atoms with van der Waals surface area (Å²) in [5, 5.41) is 1.93. The summed E-state index contributed by atoms with van der Waals surface area (Å²) in [6, 6.07) is 3.83. The van der Waals surface area contributed by atoms with Gasteiger partial charge < -0.3 is 9.64 Å². The summed E-state index contributed by atoms with van der Waals surface area (Å²) < 4.78 is 4.64. The number of amides is 1. The smallest absolute Gasteiger partial charge is 0.316 e. The lowest BCUT2D eigenvalue weighted by Gasteiger charge is -2.19. The number of ether oxygens (including phenoxy) is 1. The fraction of sp³-hybridized carbons (Fsp3) is 0.500.